The molecule has 0 saturated carbocycles. The van der Waals surface area contributed by atoms with Crippen LogP contribution in [0.2, 0.25) is 0 Å². The van der Waals surface area contributed by atoms with Crippen LogP contribution in [0.1, 0.15) is 34.1 Å². The molecule has 0 N–H and O–H groups in total. The first-order valence-corrected chi connectivity index (χ1v) is 11.6. The Labute approximate surface area is 199 Å². The zero-order valence-electron chi connectivity index (χ0n) is 19.9. The van der Waals surface area contributed by atoms with Crippen molar-refractivity contribution in [3.05, 3.63) is 71.4 Å². The minimum absolute atomic E-state index is 0.0564. The molecule has 3 aromatic rings. The highest BCUT2D eigenvalue weighted by molar-refractivity contribution is 5.97. The van der Waals surface area contributed by atoms with Crippen molar-refractivity contribution in [1.82, 2.24) is 19.9 Å². The number of benzene rings is 2. The van der Waals surface area contributed by atoms with Gasteiger partial charge in [-0.2, -0.15) is 4.98 Å². The fraction of sp³-hybridized carbons (Fsp3) is 0.423. The number of aryl methyl sites for hydroxylation is 1. The van der Waals surface area contributed by atoms with Crippen molar-refractivity contribution >= 4 is 5.91 Å². The van der Waals surface area contributed by atoms with Gasteiger partial charge in [0.05, 0.1) is 25.2 Å². The molecule has 0 unspecified atom stereocenters. The lowest BCUT2D eigenvalue weighted by Gasteiger charge is -2.42. The fourth-order valence-corrected chi connectivity index (χ4v) is 5.46. The number of ether oxygens (including phenoxy) is 2. The van der Waals surface area contributed by atoms with Crippen LogP contribution in [0.25, 0.3) is 0 Å². The van der Waals surface area contributed by atoms with Gasteiger partial charge in [-0.25, -0.2) is 0 Å². The third-order valence-corrected chi connectivity index (χ3v) is 7.13. The van der Waals surface area contributed by atoms with E-state index in [1.807, 2.05) is 17.9 Å². The van der Waals surface area contributed by atoms with Crippen LogP contribution in [0.5, 0.6) is 11.5 Å². The Bertz CT molecular complexity index is 1160. The second-order valence-corrected chi connectivity index (χ2v) is 9.23. The molecule has 2 fully saturated rings. The summed E-state index contributed by atoms with van der Waals surface area (Å²) in [7, 11) is 3.17. The van der Waals surface area contributed by atoms with Crippen molar-refractivity contribution in [2.75, 3.05) is 40.4 Å². The number of rotatable bonds is 6. The predicted molar refractivity (Wildman–Crippen MR) is 126 cm³/mol. The summed E-state index contributed by atoms with van der Waals surface area (Å²) in [5.41, 5.74) is 1.43. The molecular weight excluding hydrogens is 432 g/mol. The molecule has 5 rings (SSSR count). The number of carbonyl (C=O) groups is 1. The maximum atomic E-state index is 13.6. The molecule has 0 radical (unpaired) electrons. The van der Waals surface area contributed by atoms with Crippen molar-refractivity contribution in [1.29, 1.82) is 0 Å². The average molecular weight is 463 g/mol. The molecule has 1 amide bonds. The maximum Gasteiger partial charge on any atom is 0.257 e. The molecule has 3 heterocycles. The van der Waals surface area contributed by atoms with E-state index >= 15 is 0 Å². The SMILES string of the molecule is COc1ccc(C(=O)N2CC[C@H]3CN(Cc4ccccc4)C[C@@]3(c3noc(C)n3)C2)c(OC)c1. The van der Waals surface area contributed by atoms with Crippen LogP contribution in [-0.4, -0.2) is 66.2 Å². The molecule has 2 aliphatic heterocycles. The van der Waals surface area contributed by atoms with Gasteiger partial charge in [0.2, 0.25) is 5.89 Å². The topological polar surface area (TPSA) is 80.9 Å². The van der Waals surface area contributed by atoms with Crippen LogP contribution in [-0.2, 0) is 12.0 Å². The van der Waals surface area contributed by atoms with Gasteiger partial charge in [-0.15, -0.1) is 0 Å². The lowest BCUT2D eigenvalue weighted by Crippen LogP contribution is -2.54. The lowest BCUT2D eigenvalue weighted by molar-refractivity contribution is 0.0571. The second-order valence-electron chi connectivity index (χ2n) is 9.23. The Hall–Kier alpha value is -3.39. The zero-order chi connectivity index (χ0) is 23.7. The van der Waals surface area contributed by atoms with E-state index in [0.717, 1.165) is 26.1 Å². The summed E-state index contributed by atoms with van der Waals surface area (Å²) in [6.45, 7) is 5.60. The van der Waals surface area contributed by atoms with Crippen molar-refractivity contribution in [2.24, 2.45) is 5.92 Å². The van der Waals surface area contributed by atoms with E-state index in [1.54, 1.807) is 32.4 Å². The number of aromatic nitrogens is 2. The van der Waals surface area contributed by atoms with E-state index in [4.69, 9.17) is 14.0 Å². The number of carbonyl (C=O) groups excluding carboxylic acids is 1. The number of hydrogen-bond donors (Lipinski definition) is 0. The highest BCUT2D eigenvalue weighted by atomic mass is 16.5. The summed E-state index contributed by atoms with van der Waals surface area (Å²) < 4.78 is 16.2. The fourth-order valence-electron chi connectivity index (χ4n) is 5.46. The van der Waals surface area contributed by atoms with Gasteiger partial charge in [-0.3, -0.25) is 9.69 Å². The van der Waals surface area contributed by atoms with E-state index < -0.39 is 0 Å². The Kier molecular flexibility index (Phi) is 6.00. The summed E-state index contributed by atoms with van der Waals surface area (Å²) in [6, 6.07) is 15.8. The van der Waals surface area contributed by atoms with Crippen LogP contribution >= 0.6 is 0 Å². The van der Waals surface area contributed by atoms with Crippen molar-refractivity contribution in [3.63, 3.8) is 0 Å². The van der Waals surface area contributed by atoms with E-state index in [2.05, 4.69) is 39.3 Å². The van der Waals surface area contributed by atoms with Crippen molar-refractivity contribution < 1.29 is 18.8 Å². The lowest BCUT2D eigenvalue weighted by atomic mass is 9.72. The van der Waals surface area contributed by atoms with Crippen molar-refractivity contribution in [2.45, 2.75) is 25.3 Å². The molecule has 1 aromatic heterocycles. The predicted octanol–water partition coefficient (Wildman–Crippen LogP) is 3.31. The van der Waals surface area contributed by atoms with E-state index in [-0.39, 0.29) is 11.3 Å². The zero-order valence-corrected chi connectivity index (χ0v) is 19.9. The first-order valence-electron chi connectivity index (χ1n) is 11.6. The molecule has 0 spiro atoms. The quantitative estimate of drug-likeness (QED) is 0.556. The van der Waals surface area contributed by atoms with Gasteiger partial charge in [-0.1, -0.05) is 35.5 Å². The minimum Gasteiger partial charge on any atom is -0.497 e. The van der Waals surface area contributed by atoms with Crippen LogP contribution in [0.15, 0.2) is 53.1 Å². The number of methoxy groups -OCH3 is 2. The highest BCUT2D eigenvalue weighted by Crippen LogP contribution is 2.44. The Balaban J connectivity index is 1.44. The van der Waals surface area contributed by atoms with Crippen molar-refractivity contribution in [3.8, 4) is 11.5 Å². The van der Waals surface area contributed by atoms with Gasteiger partial charge in [0.25, 0.3) is 5.91 Å². The van der Waals surface area contributed by atoms with E-state index in [0.29, 0.717) is 47.8 Å². The first kappa shape index (κ1) is 22.4. The van der Waals surface area contributed by atoms with Crippen LogP contribution in [0, 0.1) is 12.8 Å². The highest BCUT2D eigenvalue weighted by Gasteiger charge is 2.54. The standard InChI is InChI=1S/C26H30N4O4/c1-18-27-25(28-34-18)26-16-29(14-19-7-5-4-6-8-19)15-20(26)11-12-30(17-26)24(31)22-10-9-21(32-2)13-23(22)33-3/h4-10,13,20H,11-12,14-17H2,1-3H3/t20-,26+/m0/s1. The van der Waals surface area contributed by atoms with E-state index in [1.165, 1.54) is 5.56 Å². The molecule has 34 heavy (non-hydrogen) atoms. The third-order valence-electron chi connectivity index (χ3n) is 7.13. The summed E-state index contributed by atoms with van der Waals surface area (Å²) in [6.07, 6.45) is 0.878. The molecular formula is C26H30N4O4. The van der Waals surface area contributed by atoms with Crippen LogP contribution < -0.4 is 9.47 Å². The number of hydrogen-bond acceptors (Lipinski definition) is 7. The van der Waals surface area contributed by atoms with Gasteiger partial charge in [0.15, 0.2) is 5.82 Å². The van der Waals surface area contributed by atoms with Gasteiger partial charge in [0, 0.05) is 45.7 Å². The van der Waals surface area contributed by atoms with Gasteiger partial charge in [-0.05, 0) is 30.0 Å². The Morgan fingerprint density at radius 2 is 1.97 bits per heavy atom. The Morgan fingerprint density at radius 1 is 1.15 bits per heavy atom. The second kappa shape index (κ2) is 9.10. The number of likely N-dealkylation sites (tertiary alicyclic amines) is 2. The first-order chi connectivity index (χ1) is 16.5. The maximum absolute atomic E-state index is 13.6. The monoisotopic (exact) mass is 462 g/mol. The number of piperidine rings is 1. The summed E-state index contributed by atoms with van der Waals surface area (Å²) in [5.74, 6) is 2.69. The van der Waals surface area contributed by atoms with Gasteiger partial charge < -0.3 is 18.9 Å². The molecule has 2 atom stereocenters. The Morgan fingerprint density at radius 3 is 2.68 bits per heavy atom. The van der Waals surface area contributed by atoms with Gasteiger partial charge >= 0.3 is 0 Å². The molecule has 2 aliphatic rings. The van der Waals surface area contributed by atoms with Crippen LogP contribution in [0.4, 0.5) is 0 Å². The third kappa shape index (κ3) is 4.03. The molecule has 2 aromatic carbocycles. The molecule has 2 saturated heterocycles. The number of fused-ring (bicyclic) bond motifs is 1. The number of amides is 1. The number of nitrogens with zero attached hydrogens (tertiary/aromatic N) is 4. The van der Waals surface area contributed by atoms with E-state index in [9.17, 15) is 4.79 Å². The van der Waals surface area contributed by atoms with Gasteiger partial charge in [0.1, 0.15) is 11.5 Å². The normalized spacial score (nSPS) is 22.4. The summed E-state index contributed by atoms with van der Waals surface area (Å²) in [5, 5.41) is 4.35. The molecule has 0 aliphatic carbocycles. The minimum atomic E-state index is -0.375. The molecule has 8 heteroatoms. The average Bonchev–Trinajstić information content (AvgIpc) is 3.47. The largest absolute Gasteiger partial charge is 0.497 e. The molecule has 0 bridgehead atoms. The smallest absolute Gasteiger partial charge is 0.257 e. The molecule has 8 nitrogen and oxygen atoms in total. The molecule has 178 valence electrons. The summed E-state index contributed by atoms with van der Waals surface area (Å²) >= 11 is 0. The summed E-state index contributed by atoms with van der Waals surface area (Å²) in [4.78, 5) is 22.7. The van der Waals surface area contributed by atoms with Crippen LogP contribution in [0.3, 0.4) is 0 Å².